The third-order valence-electron chi connectivity index (χ3n) is 3.96. The molecule has 0 aliphatic carbocycles. The van der Waals surface area contributed by atoms with E-state index in [0.29, 0.717) is 11.5 Å². The fraction of sp³-hybridized carbons (Fsp3) is 0.143. The van der Waals surface area contributed by atoms with Gasteiger partial charge in [-0.05, 0) is 37.6 Å². The van der Waals surface area contributed by atoms with Crippen LogP contribution in [0.4, 0.5) is 17.2 Å². The van der Waals surface area contributed by atoms with Crippen LogP contribution < -0.4 is 10.6 Å². The third kappa shape index (κ3) is 4.50. The van der Waals surface area contributed by atoms with Gasteiger partial charge >= 0.3 is 5.97 Å². The highest BCUT2D eigenvalue weighted by Crippen LogP contribution is 2.19. The van der Waals surface area contributed by atoms with Crippen molar-refractivity contribution in [3.8, 4) is 0 Å². The number of anilines is 3. The van der Waals surface area contributed by atoms with Gasteiger partial charge in [-0.3, -0.25) is 4.79 Å². The van der Waals surface area contributed by atoms with Gasteiger partial charge in [0.25, 0.3) is 5.91 Å². The molecule has 3 rings (SSSR count). The van der Waals surface area contributed by atoms with Crippen molar-refractivity contribution >= 4 is 29.1 Å². The minimum atomic E-state index is -0.498. The van der Waals surface area contributed by atoms with E-state index >= 15 is 0 Å². The van der Waals surface area contributed by atoms with Crippen molar-refractivity contribution in [3.63, 3.8) is 0 Å². The predicted octanol–water partition coefficient (Wildman–Crippen LogP) is 3.96. The topological polar surface area (TPSA) is 93.2 Å². The summed E-state index contributed by atoms with van der Waals surface area (Å²) < 4.78 is 5.01. The van der Waals surface area contributed by atoms with Gasteiger partial charge < -0.3 is 15.4 Å². The fourth-order valence-electron chi connectivity index (χ4n) is 2.53. The van der Waals surface area contributed by atoms with Crippen molar-refractivity contribution in [2.75, 3.05) is 17.2 Å². The van der Waals surface area contributed by atoms with Gasteiger partial charge in [0.05, 0.1) is 30.3 Å². The average Bonchev–Trinajstić information content (AvgIpc) is 2.71. The van der Waals surface area contributed by atoms with E-state index in [-0.39, 0.29) is 17.9 Å². The number of hydrogen-bond acceptors (Lipinski definition) is 6. The first kappa shape index (κ1) is 19.0. The molecule has 1 amide bonds. The van der Waals surface area contributed by atoms with Gasteiger partial charge in [0.2, 0.25) is 0 Å². The Morgan fingerprint density at radius 1 is 0.964 bits per heavy atom. The van der Waals surface area contributed by atoms with Crippen LogP contribution >= 0.6 is 0 Å². The van der Waals surface area contributed by atoms with E-state index in [9.17, 15) is 9.59 Å². The van der Waals surface area contributed by atoms with Gasteiger partial charge in [-0.2, -0.15) is 0 Å². The predicted molar refractivity (Wildman–Crippen MR) is 107 cm³/mol. The van der Waals surface area contributed by atoms with Crippen molar-refractivity contribution in [3.05, 3.63) is 77.7 Å². The van der Waals surface area contributed by atoms with Gasteiger partial charge in [-0.1, -0.05) is 30.3 Å². The third-order valence-corrected chi connectivity index (χ3v) is 3.96. The lowest BCUT2D eigenvalue weighted by Gasteiger charge is -2.11. The summed E-state index contributed by atoms with van der Waals surface area (Å²) in [7, 11) is 0. The van der Waals surface area contributed by atoms with Gasteiger partial charge in [-0.15, -0.1) is 0 Å². The van der Waals surface area contributed by atoms with E-state index in [1.54, 1.807) is 31.2 Å². The second-order valence-corrected chi connectivity index (χ2v) is 5.95. The Balaban J connectivity index is 1.72. The molecule has 1 heterocycles. The lowest BCUT2D eigenvalue weighted by atomic mass is 10.1. The van der Waals surface area contributed by atoms with Crippen LogP contribution in [0.5, 0.6) is 0 Å². The minimum absolute atomic E-state index is 0.133. The number of esters is 1. The Labute approximate surface area is 162 Å². The molecule has 0 bridgehead atoms. The standard InChI is InChI=1S/C21H20N4O3/c1-3-28-21(27)15-9-5-7-11-17(15)25-20(26)18-12-23-19(13-22-18)24-16-10-6-4-8-14(16)2/h4-13H,3H2,1-2H3,(H,23,24)(H,25,26). The number of ether oxygens (including phenoxy) is 1. The molecule has 0 aliphatic heterocycles. The zero-order valence-corrected chi connectivity index (χ0v) is 15.6. The van der Waals surface area contributed by atoms with E-state index in [4.69, 9.17) is 4.74 Å². The average molecular weight is 376 g/mol. The number of hydrogen-bond donors (Lipinski definition) is 2. The lowest BCUT2D eigenvalue weighted by molar-refractivity contribution is 0.0527. The van der Waals surface area contributed by atoms with Gasteiger partial charge in [0, 0.05) is 5.69 Å². The summed E-state index contributed by atoms with van der Waals surface area (Å²) in [6.07, 6.45) is 2.86. The first-order valence-electron chi connectivity index (χ1n) is 8.80. The van der Waals surface area contributed by atoms with Crippen molar-refractivity contribution < 1.29 is 14.3 Å². The number of carbonyl (C=O) groups is 2. The van der Waals surface area contributed by atoms with Gasteiger partial charge in [0.1, 0.15) is 11.5 Å². The van der Waals surface area contributed by atoms with Crippen molar-refractivity contribution in [2.45, 2.75) is 13.8 Å². The van der Waals surface area contributed by atoms with Crippen molar-refractivity contribution in [2.24, 2.45) is 0 Å². The molecule has 2 N–H and O–H groups in total. The summed E-state index contributed by atoms with van der Waals surface area (Å²) in [5.41, 5.74) is 2.76. The number of nitrogens with zero attached hydrogens (tertiary/aromatic N) is 2. The van der Waals surface area contributed by atoms with Crippen LogP contribution in [-0.2, 0) is 4.74 Å². The van der Waals surface area contributed by atoms with Crippen LogP contribution in [0.1, 0.15) is 33.3 Å². The maximum absolute atomic E-state index is 12.5. The molecule has 142 valence electrons. The Bertz CT molecular complexity index is 987. The maximum Gasteiger partial charge on any atom is 0.340 e. The Kier molecular flexibility index (Phi) is 5.96. The normalized spacial score (nSPS) is 10.2. The molecular formula is C21H20N4O3. The maximum atomic E-state index is 12.5. The van der Waals surface area contributed by atoms with Crippen LogP contribution in [-0.4, -0.2) is 28.5 Å². The summed E-state index contributed by atoms with van der Waals surface area (Å²) in [5, 5.41) is 5.84. The van der Waals surface area contributed by atoms with Crippen LogP contribution in [0.3, 0.4) is 0 Å². The number of aromatic nitrogens is 2. The molecule has 0 fully saturated rings. The Morgan fingerprint density at radius 2 is 1.68 bits per heavy atom. The molecule has 28 heavy (non-hydrogen) atoms. The Morgan fingerprint density at radius 3 is 2.36 bits per heavy atom. The number of aryl methyl sites for hydroxylation is 1. The van der Waals surface area contributed by atoms with E-state index in [2.05, 4.69) is 20.6 Å². The molecule has 0 saturated carbocycles. The second-order valence-electron chi connectivity index (χ2n) is 5.95. The Hall–Kier alpha value is -3.74. The summed E-state index contributed by atoms with van der Waals surface area (Å²) in [6.45, 7) is 3.96. The molecule has 3 aromatic rings. The number of amides is 1. The summed E-state index contributed by atoms with van der Waals surface area (Å²) in [5.74, 6) is -0.438. The molecule has 0 radical (unpaired) electrons. The van der Waals surface area contributed by atoms with E-state index in [1.165, 1.54) is 12.4 Å². The van der Waals surface area contributed by atoms with Crippen LogP contribution in [0.15, 0.2) is 60.9 Å². The van der Waals surface area contributed by atoms with E-state index < -0.39 is 11.9 Å². The molecule has 7 heteroatoms. The molecule has 0 saturated heterocycles. The molecule has 0 spiro atoms. The molecule has 0 atom stereocenters. The second kappa shape index (κ2) is 8.77. The largest absolute Gasteiger partial charge is 0.462 e. The van der Waals surface area contributed by atoms with Crippen molar-refractivity contribution in [1.29, 1.82) is 0 Å². The lowest BCUT2D eigenvalue weighted by Crippen LogP contribution is -2.17. The first-order chi connectivity index (χ1) is 13.6. The highest BCUT2D eigenvalue weighted by Gasteiger charge is 2.15. The number of carbonyl (C=O) groups excluding carboxylic acids is 2. The molecule has 0 unspecified atom stereocenters. The summed E-state index contributed by atoms with van der Waals surface area (Å²) in [6, 6.07) is 14.4. The van der Waals surface area contributed by atoms with Gasteiger partial charge in [-0.25, -0.2) is 14.8 Å². The molecule has 2 aromatic carbocycles. The highest BCUT2D eigenvalue weighted by atomic mass is 16.5. The smallest absolute Gasteiger partial charge is 0.340 e. The number of rotatable bonds is 6. The molecule has 0 aliphatic rings. The van der Waals surface area contributed by atoms with Crippen LogP contribution in [0.2, 0.25) is 0 Å². The van der Waals surface area contributed by atoms with Gasteiger partial charge in [0.15, 0.2) is 0 Å². The SMILES string of the molecule is CCOC(=O)c1ccccc1NC(=O)c1cnc(Nc2ccccc2C)cn1. The molecular weight excluding hydrogens is 356 g/mol. The van der Waals surface area contributed by atoms with Crippen LogP contribution in [0, 0.1) is 6.92 Å². The molecule has 1 aromatic heterocycles. The quantitative estimate of drug-likeness (QED) is 0.633. The van der Waals surface area contributed by atoms with E-state index in [0.717, 1.165) is 11.3 Å². The monoisotopic (exact) mass is 376 g/mol. The van der Waals surface area contributed by atoms with Crippen LogP contribution in [0.25, 0.3) is 0 Å². The fourth-order valence-corrected chi connectivity index (χ4v) is 2.53. The summed E-state index contributed by atoms with van der Waals surface area (Å²) in [4.78, 5) is 32.9. The number of benzene rings is 2. The zero-order valence-electron chi connectivity index (χ0n) is 15.6. The van der Waals surface area contributed by atoms with E-state index in [1.807, 2.05) is 31.2 Å². The van der Waals surface area contributed by atoms with Crippen molar-refractivity contribution in [1.82, 2.24) is 9.97 Å². The molecule has 7 nitrogen and oxygen atoms in total. The highest BCUT2D eigenvalue weighted by molar-refractivity contribution is 6.07. The minimum Gasteiger partial charge on any atom is -0.462 e. The zero-order chi connectivity index (χ0) is 19.9. The first-order valence-corrected chi connectivity index (χ1v) is 8.80. The number of para-hydroxylation sites is 2. The summed E-state index contributed by atoms with van der Waals surface area (Å²) >= 11 is 0. The number of nitrogens with one attached hydrogen (secondary N) is 2.